The Balaban J connectivity index is 2.13. The van der Waals surface area contributed by atoms with Gasteiger partial charge in [-0.2, -0.15) is 8.78 Å². The van der Waals surface area contributed by atoms with Gasteiger partial charge in [-0.3, -0.25) is 4.79 Å². The van der Waals surface area contributed by atoms with Crippen LogP contribution in [0.4, 0.5) is 8.78 Å². The minimum Gasteiger partial charge on any atom is -0.493 e. The highest BCUT2D eigenvalue weighted by Crippen LogP contribution is 2.32. The summed E-state index contributed by atoms with van der Waals surface area (Å²) in [6, 6.07) is 4.44. The standard InChI is InChI=1S/C13H16F2N2O3/c1-19-10-4-2-3-9(11(10)20-13(14)15)12(18)17-7-8-5-16-6-8/h2-4,8,13,16H,5-7H2,1H3,(H,17,18). The molecule has 1 heterocycles. The van der Waals surface area contributed by atoms with E-state index in [1.54, 1.807) is 6.07 Å². The highest BCUT2D eigenvalue weighted by atomic mass is 19.3. The lowest BCUT2D eigenvalue weighted by Gasteiger charge is -2.27. The van der Waals surface area contributed by atoms with Crippen molar-refractivity contribution in [3.8, 4) is 11.5 Å². The van der Waals surface area contributed by atoms with Crippen LogP contribution in [0, 0.1) is 5.92 Å². The Morgan fingerprint density at radius 2 is 2.25 bits per heavy atom. The Kier molecular flexibility index (Phi) is 4.73. The first-order valence-electron chi connectivity index (χ1n) is 6.22. The molecular formula is C13H16F2N2O3. The molecule has 0 unspecified atom stereocenters. The van der Waals surface area contributed by atoms with Crippen molar-refractivity contribution in [2.45, 2.75) is 6.61 Å². The summed E-state index contributed by atoms with van der Waals surface area (Å²) in [6.45, 7) is -0.831. The number of hydrogen-bond acceptors (Lipinski definition) is 4. The van der Waals surface area contributed by atoms with Crippen molar-refractivity contribution in [2.24, 2.45) is 5.92 Å². The van der Waals surface area contributed by atoms with Gasteiger partial charge in [0.25, 0.3) is 5.91 Å². The van der Waals surface area contributed by atoms with Gasteiger partial charge in [0.1, 0.15) is 0 Å². The highest BCUT2D eigenvalue weighted by molar-refractivity contribution is 5.97. The summed E-state index contributed by atoms with van der Waals surface area (Å²) in [5.74, 6) is -0.215. The van der Waals surface area contributed by atoms with E-state index in [0.29, 0.717) is 12.5 Å². The van der Waals surface area contributed by atoms with E-state index in [4.69, 9.17) is 4.74 Å². The van der Waals surface area contributed by atoms with E-state index in [2.05, 4.69) is 15.4 Å². The van der Waals surface area contributed by atoms with E-state index < -0.39 is 12.5 Å². The second-order valence-corrected chi connectivity index (χ2v) is 4.45. The summed E-state index contributed by atoms with van der Waals surface area (Å²) in [6.07, 6.45) is 0. The van der Waals surface area contributed by atoms with Gasteiger partial charge in [0.15, 0.2) is 11.5 Å². The van der Waals surface area contributed by atoms with Gasteiger partial charge in [0.2, 0.25) is 0 Å². The van der Waals surface area contributed by atoms with Crippen LogP contribution in [0.5, 0.6) is 11.5 Å². The predicted molar refractivity (Wildman–Crippen MR) is 68.3 cm³/mol. The van der Waals surface area contributed by atoms with Gasteiger partial charge in [-0.1, -0.05) is 6.07 Å². The van der Waals surface area contributed by atoms with E-state index in [-0.39, 0.29) is 17.1 Å². The van der Waals surface area contributed by atoms with Gasteiger partial charge >= 0.3 is 6.61 Å². The summed E-state index contributed by atoms with van der Waals surface area (Å²) in [7, 11) is 1.33. The molecule has 1 aromatic carbocycles. The van der Waals surface area contributed by atoms with Crippen LogP contribution < -0.4 is 20.1 Å². The number of para-hydroxylation sites is 1. The Labute approximate surface area is 115 Å². The normalized spacial score (nSPS) is 14.8. The zero-order valence-electron chi connectivity index (χ0n) is 11.0. The first kappa shape index (κ1) is 14.5. The highest BCUT2D eigenvalue weighted by Gasteiger charge is 2.22. The van der Waals surface area contributed by atoms with Crippen molar-refractivity contribution in [3.63, 3.8) is 0 Å². The number of halogens is 2. The Morgan fingerprint density at radius 1 is 1.50 bits per heavy atom. The molecule has 0 spiro atoms. The van der Waals surface area contributed by atoms with E-state index >= 15 is 0 Å². The number of carbonyl (C=O) groups is 1. The fourth-order valence-corrected chi connectivity index (χ4v) is 1.89. The molecule has 1 fully saturated rings. The number of alkyl halides is 2. The molecular weight excluding hydrogens is 270 g/mol. The van der Waals surface area contributed by atoms with Crippen LogP contribution in [0.1, 0.15) is 10.4 Å². The van der Waals surface area contributed by atoms with Crippen molar-refractivity contribution >= 4 is 5.91 Å². The van der Waals surface area contributed by atoms with Gasteiger partial charge in [-0.05, 0) is 12.1 Å². The monoisotopic (exact) mass is 286 g/mol. The Hall–Kier alpha value is -1.89. The van der Waals surface area contributed by atoms with E-state index in [9.17, 15) is 13.6 Å². The van der Waals surface area contributed by atoms with E-state index in [1.807, 2.05) is 0 Å². The van der Waals surface area contributed by atoms with Crippen molar-refractivity contribution in [2.75, 3.05) is 26.7 Å². The van der Waals surface area contributed by atoms with E-state index in [1.165, 1.54) is 19.2 Å². The number of benzene rings is 1. The summed E-state index contributed by atoms with van der Waals surface area (Å²) in [4.78, 5) is 12.0. The predicted octanol–water partition coefficient (Wildman–Crippen LogP) is 1.25. The molecule has 1 aliphatic heterocycles. The smallest absolute Gasteiger partial charge is 0.387 e. The molecule has 2 rings (SSSR count). The third-order valence-electron chi connectivity index (χ3n) is 3.07. The van der Waals surface area contributed by atoms with Crippen LogP contribution in [0.3, 0.4) is 0 Å². The first-order valence-corrected chi connectivity index (χ1v) is 6.22. The number of hydrogen-bond donors (Lipinski definition) is 2. The van der Waals surface area contributed by atoms with Gasteiger partial charge in [-0.25, -0.2) is 0 Å². The molecule has 0 aliphatic carbocycles. The summed E-state index contributed by atoms with van der Waals surface area (Å²) >= 11 is 0. The maximum atomic E-state index is 12.4. The van der Waals surface area contributed by atoms with Crippen molar-refractivity contribution < 1.29 is 23.0 Å². The van der Waals surface area contributed by atoms with Crippen LogP contribution in [0.25, 0.3) is 0 Å². The average molecular weight is 286 g/mol. The van der Waals surface area contributed by atoms with Crippen molar-refractivity contribution in [3.05, 3.63) is 23.8 Å². The lowest BCUT2D eigenvalue weighted by molar-refractivity contribution is -0.0515. The van der Waals surface area contributed by atoms with Crippen LogP contribution in [-0.4, -0.2) is 39.3 Å². The molecule has 0 bridgehead atoms. The molecule has 0 atom stereocenters. The SMILES string of the molecule is COc1cccc(C(=O)NCC2CNC2)c1OC(F)F. The van der Waals surface area contributed by atoms with Crippen LogP contribution in [0.2, 0.25) is 0 Å². The average Bonchev–Trinajstić information content (AvgIpc) is 2.36. The quantitative estimate of drug-likeness (QED) is 0.826. The van der Waals surface area contributed by atoms with Gasteiger partial charge in [0.05, 0.1) is 12.7 Å². The number of carbonyl (C=O) groups excluding carboxylic acids is 1. The number of amides is 1. The van der Waals surface area contributed by atoms with E-state index in [0.717, 1.165) is 13.1 Å². The fraction of sp³-hybridized carbons (Fsp3) is 0.462. The zero-order valence-corrected chi connectivity index (χ0v) is 11.0. The van der Waals surface area contributed by atoms with Crippen LogP contribution in [-0.2, 0) is 0 Å². The van der Waals surface area contributed by atoms with Crippen LogP contribution >= 0.6 is 0 Å². The molecule has 7 heteroatoms. The van der Waals surface area contributed by atoms with Crippen molar-refractivity contribution in [1.29, 1.82) is 0 Å². The summed E-state index contributed by atoms with van der Waals surface area (Å²) in [5, 5.41) is 5.79. The second kappa shape index (κ2) is 6.51. The molecule has 0 aromatic heterocycles. The number of nitrogens with one attached hydrogen (secondary N) is 2. The lowest BCUT2D eigenvalue weighted by Crippen LogP contribution is -2.48. The minimum absolute atomic E-state index is 0.0388. The van der Waals surface area contributed by atoms with Gasteiger partial charge in [-0.15, -0.1) is 0 Å². The largest absolute Gasteiger partial charge is 0.493 e. The summed E-state index contributed by atoms with van der Waals surface area (Å²) in [5.41, 5.74) is 0.0388. The van der Waals surface area contributed by atoms with Crippen molar-refractivity contribution in [1.82, 2.24) is 10.6 Å². The summed E-state index contributed by atoms with van der Waals surface area (Å²) < 4.78 is 34.2. The third kappa shape index (κ3) is 3.36. The zero-order chi connectivity index (χ0) is 14.5. The Bertz CT molecular complexity index is 479. The topological polar surface area (TPSA) is 59.6 Å². The molecule has 1 aliphatic rings. The molecule has 1 aromatic rings. The van der Waals surface area contributed by atoms with Gasteiger partial charge in [0, 0.05) is 25.6 Å². The third-order valence-corrected chi connectivity index (χ3v) is 3.07. The number of rotatable bonds is 6. The molecule has 0 radical (unpaired) electrons. The van der Waals surface area contributed by atoms with Crippen LogP contribution in [0.15, 0.2) is 18.2 Å². The molecule has 1 saturated heterocycles. The lowest BCUT2D eigenvalue weighted by atomic mass is 10.0. The molecule has 2 N–H and O–H groups in total. The second-order valence-electron chi connectivity index (χ2n) is 4.45. The first-order chi connectivity index (χ1) is 9.61. The number of ether oxygens (including phenoxy) is 2. The molecule has 0 saturated carbocycles. The Morgan fingerprint density at radius 3 is 2.80 bits per heavy atom. The van der Waals surface area contributed by atoms with Gasteiger partial charge < -0.3 is 20.1 Å². The maximum absolute atomic E-state index is 12.4. The molecule has 20 heavy (non-hydrogen) atoms. The minimum atomic E-state index is -3.02. The maximum Gasteiger partial charge on any atom is 0.387 e. The molecule has 1 amide bonds. The fourth-order valence-electron chi connectivity index (χ4n) is 1.89. The molecule has 5 nitrogen and oxygen atoms in total. The molecule has 110 valence electrons. The number of methoxy groups -OCH3 is 1.